The number of nitrogens with two attached hydrogens (primary N) is 1. The fraction of sp³-hybridized carbons (Fsp3) is 0.235. The molecule has 1 aromatic heterocycles. The number of imidazole rings is 1. The maximum Gasteiger partial charge on any atom is 0.0958 e. The summed E-state index contributed by atoms with van der Waals surface area (Å²) in [6, 6.07) is 14.6. The first kappa shape index (κ1) is 12.9. The molecule has 2 N–H and O–H groups in total. The summed E-state index contributed by atoms with van der Waals surface area (Å²) < 4.78 is 2.12. The van der Waals surface area contributed by atoms with E-state index in [0.717, 1.165) is 17.6 Å². The van der Waals surface area contributed by atoms with Gasteiger partial charge in [0.1, 0.15) is 0 Å². The first-order valence-electron chi connectivity index (χ1n) is 6.88. The van der Waals surface area contributed by atoms with Crippen molar-refractivity contribution in [3.63, 3.8) is 0 Å². The Balaban J connectivity index is 1.90. The Bertz CT molecular complexity index is 743. The highest BCUT2D eigenvalue weighted by Gasteiger charge is 2.11. The van der Waals surface area contributed by atoms with Crippen molar-refractivity contribution < 1.29 is 0 Å². The van der Waals surface area contributed by atoms with Gasteiger partial charge >= 0.3 is 0 Å². The van der Waals surface area contributed by atoms with Crippen molar-refractivity contribution in [1.82, 2.24) is 9.55 Å². The van der Waals surface area contributed by atoms with Crippen LogP contribution in [-0.2, 0) is 6.54 Å². The topological polar surface area (TPSA) is 43.8 Å². The first-order valence-corrected chi connectivity index (χ1v) is 6.88. The molecule has 0 bridgehead atoms. The van der Waals surface area contributed by atoms with Gasteiger partial charge in [-0.1, -0.05) is 35.9 Å². The molecule has 3 aromatic rings. The maximum absolute atomic E-state index is 6.38. The highest BCUT2D eigenvalue weighted by Crippen LogP contribution is 2.20. The van der Waals surface area contributed by atoms with Gasteiger partial charge in [-0.3, -0.25) is 0 Å². The summed E-state index contributed by atoms with van der Waals surface area (Å²) in [5.74, 6) is 0. The van der Waals surface area contributed by atoms with Crippen LogP contribution in [0, 0.1) is 13.8 Å². The summed E-state index contributed by atoms with van der Waals surface area (Å²) in [7, 11) is 0. The van der Waals surface area contributed by atoms with Crippen LogP contribution in [0.2, 0.25) is 0 Å². The van der Waals surface area contributed by atoms with Crippen molar-refractivity contribution in [1.29, 1.82) is 0 Å². The molecule has 1 unspecified atom stereocenters. The van der Waals surface area contributed by atoms with Crippen LogP contribution in [0.4, 0.5) is 0 Å². The highest BCUT2D eigenvalue weighted by molar-refractivity contribution is 5.74. The summed E-state index contributed by atoms with van der Waals surface area (Å²) in [6.45, 7) is 4.96. The fourth-order valence-electron chi connectivity index (χ4n) is 2.71. The predicted octanol–water partition coefficient (Wildman–Crippen LogP) is 3.35. The van der Waals surface area contributed by atoms with E-state index >= 15 is 0 Å². The lowest BCUT2D eigenvalue weighted by Gasteiger charge is -2.16. The number of hydrogen-bond donors (Lipinski definition) is 1. The number of fused-ring (bicyclic) bond motifs is 1. The van der Waals surface area contributed by atoms with Crippen LogP contribution in [0.1, 0.15) is 22.7 Å². The number of aryl methyl sites for hydroxylation is 2. The van der Waals surface area contributed by atoms with E-state index in [1.54, 1.807) is 0 Å². The standard InChI is InChI=1S/C17H19N3/c1-12-7-8-14(13(2)9-12)15(18)10-20-11-19-16-5-3-4-6-17(16)20/h3-9,11,15H,10,18H2,1-2H3. The molecule has 3 nitrogen and oxygen atoms in total. The van der Waals surface area contributed by atoms with Crippen molar-refractivity contribution in [2.24, 2.45) is 5.73 Å². The lowest BCUT2D eigenvalue weighted by atomic mass is 10.00. The molecule has 0 spiro atoms. The van der Waals surface area contributed by atoms with E-state index in [0.29, 0.717) is 0 Å². The molecular formula is C17H19N3. The lowest BCUT2D eigenvalue weighted by Crippen LogP contribution is -2.18. The van der Waals surface area contributed by atoms with Gasteiger partial charge in [0.2, 0.25) is 0 Å². The van der Waals surface area contributed by atoms with E-state index in [1.165, 1.54) is 16.7 Å². The molecule has 1 atom stereocenters. The molecule has 0 aliphatic rings. The van der Waals surface area contributed by atoms with Gasteiger partial charge in [0.15, 0.2) is 0 Å². The second-order valence-electron chi connectivity index (χ2n) is 5.35. The van der Waals surface area contributed by atoms with Crippen molar-refractivity contribution >= 4 is 11.0 Å². The van der Waals surface area contributed by atoms with E-state index in [9.17, 15) is 0 Å². The lowest BCUT2D eigenvalue weighted by molar-refractivity contribution is 0.586. The van der Waals surface area contributed by atoms with Gasteiger partial charge in [-0.15, -0.1) is 0 Å². The molecule has 0 aliphatic heterocycles. The summed E-state index contributed by atoms with van der Waals surface area (Å²) in [6.07, 6.45) is 1.87. The van der Waals surface area contributed by atoms with E-state index in [4.69, 9.17) is 5.73 Å². The summed E-state index contributed by atoms with van der Waals surface area (Å²) in [5.41, 5.74) is 12.2. The maximum atomic E-state index is 6.38. The summed E-state index contributed by atoms with van der Waals surface area (Å²) in [5, 5.41) is 0. The third kappa shape index (κ3) is 2.32. The molecule has 2 aromatic carbocycles. The third-order valence-corrected chi connectivity index (χ3v) is 3.75. The number of benzene rings is 2. The molecule has 0 amide bonds. The first-order chi connectivity index (χ1) is 9.65. The van der Waals surface area contributed by atoms with Crippen LogP contribution in [0.3, 0.4) is 0 Å². The Morgan fingerprint density at radius 2 is 1.95 bits per heavy atom. The zero-order valence-corrected chi connectivity index (χ0v) is 11.9. The van der Waals surface area contributed by atoms with E-state index < -0.39 is 0 Å². The number of hydrogen-bond acceptors (Lipinski definition) is 2. The molecule has 0 aliphatic carbocycles. The Hall–Kier alpha value is -2.13. The number of para-hydroxylation sites is 2. The van der Waals surface area contributed by atoms with Gasteiger partial charge in [-0.05, 0) is 37.1 Å². The molecule has 0 fully saturated rings. The van der Waals surface area contributed by atoms with Crippen LogP contribution in [0.5, 0.6) is 0 Å². The van der Waals surface area contributed by atoms with Gasteiger partial charge < -0.3 is 10.3 Å². The zero-order chi connectivity index (χ0) is 14.1. The van der Waals surface area contributed by atoms with Crippen molar-refractivity contribution in [2.45, 2.75) is 26.4 Å². The van der Waals surface area contributed by atoms with Crippen LogP contribution >= 0.6 is 0 Å². The molecule has 0 radical (unpaired) electrons. The average molecular weight is 265 g/mol. The van der Waals surface area contributed by atoms with Crippen LogP contribution in [0.15, 0.2) is 48.8 Å². The average Bonchev–Trinajstić information content (AvgIpc) is 2.82. The monoisotopic (exact) mass is 265 g/mol. The van der Waals surface area contributed by atoms with Crippen LogP contribution in [-0.4, -0.2) is 9.55 Å². The zero-order valence-electron chi connectivity index (χ0n) is 11.9. The second-order valence-corrected chi connectivity index (χ2v) is 5.35. The minimum atomic E-state index is -0.0202. The number of nitrogens with zero attached hydrogens (tertiary/aromatic N) is 2. The second kappa shape index (κ2) is 5.10. The molecule has 3 heteroatoms. The molecule has 20 heavy (non-hydrogen) atoms. The Kier molecular flexibility index (Phi) is 3.28. The quantitative estimate of drug-likeness (QED) is 0.789. The SMILES string of the molecule is Cc1ccc(C(N)Cn2cnc3ccccc32)c(C)c1. The summed E-state index contributed by atoms with van der Waals surface area (Å²) >= 11 is 0. The minimum absolute atomic E-state index is 0.0202. The Morgan fingerprint density at radius 1 is 1.15 bits per heavy atom. The predicted molar refractivity (Wildman–Crippen MR) is 82.6 cm³/mol. The van der Waals surface area contributed by atoms with Gasteiger partial charge in [0.05, 0.1) is 17.4 Å². The van der Waals surface area contributed by atoms with Gasteiger partial charge in [-0.25, -0.2) is 4.98 Å². The largest absolute Gasteiger partial charge is 0.329 e. The van der Waals surface area contributed by atoms with Crippen molar-refractivity contribution in [3.05, 3.63) is 65.5 Å². The van der Waals surface area contributed by atoms with Crippen LogP contribution in [0.25, 0.3) is 11.0 Å². The minimum Gasteiger partial charge on any atom is -0.329 e. The van der Waals surface area contributed by atoms with Crippen LogP contribution < -0.4 is 5.73 Å². The summed E-state index contributed by atoms with van der Waals surface area (Å²) in [4.78, 5) is 4.41. The van der Waals surface area contributed by atoms with E-state index in [1.807, 2.05) is 24.5 Å². The molecule has 1 heterocycles. The molecule has 3 rings (SSSR count). The van der Waals surface area contributed by atoms with E-state index in [2.05, 4.69) is 47.7 Å². The molecule has 102 valence electrons. The Morgan fingerprint density at radius 3 is 2.75 bits per heavy atom. The smallest absolute Gasteiger partial charge is 0.0958 e. The van der Waals surface area contributed by atoms with E-state index in [-0.39, 0.29) is 6.04 Å². The molecule has 0 saturated heterocycles. The van der Waals surface area contributed by atoms with Gasteiger partial charge in [0.25, 0.3) is 0 Å². The Labute approximate surface area is 119 Å². The van der Waals surface area contributed by atoms with Crippen molar-refractivity contribution in [3.8, 4) is 0 Å². The number of aromatic nitrogens is 2. The fourth-order valence-corrected chi connectivity index (χ4v) is 2.71. The molecular weight excluding hydrogens is 246 g/mol. The third-order valence-electron chi connectivity index (χ3n) is 3.75. The molecule has 0 saturated carbocycles. The van der Waals surface area contributed by atoms with Crippen molar-refractivity contribution in [2.75, 3.05) is 0 Å². The van der Waals surface area contributed by atoms with Gasteiger partial charge in [-0.2, -0.15) is 0 Å². The van der Waals surface area contributed by atoms with Gasteiger partial charge in [0, 0.05) is 12.6 Å². The normalized spacial score (nSPS) is 12.8. The highest BCUT2D eigenvalue weighted by atomic mass is 15.1. The number of rotatable bonds is 3.